The van der Waals surface area contributed by atoms with Crippen molar-refractivity contribution in [3.05, 3.63) is 58.6 Å². The largest absolute Gasteiger partial charge is 0.493 e. The molecule has 1 N–H and O–H groups in total. The van der Waals surface area contributed by atoms with E-state index in [4.69, 9.17) is 21.1 Å². The average Bonchev–Trinajstić information content (AvgIpc) is 2.52. The molecule has 2 aromatic rings. The zero-order valence-corrected chi connectivity index (χ0v) is 13.3. The van der Waals surface area contributed by atoms with Crippen LogP contribution in [0.1, 0.15) is 24.1 Å². The minimum absolute atomic E-state index is 0.237. The lowest BCUT2D eigenvalue weighted by Crippen LogP contribution is -2.18. The van der Waals surface area contributed by atoms with Crippen molar-refractivity contribution in [2.75, 3.05) is 14.2 Å². The summed E-state index contributed by atoms with van der Waals surface area (Å²) in [5, 5.41) is 4.11. The van der Waals surface area contributed by atoms with E-state index in [1.807, 2.05) is 24.3 Å². The van der Waals surface area contributed by atoms with Crippen LogP contribution in [0, 0.1) is 0 Å². The molecule has 2 aromatic carbocycles. The van der Waals surface area contributed by atoms with Crippen LogP contribution in [0.2, 0.25) is 5.02 Å². The molecule has 0 heterocycles. The monoisotopic (exact) mass is 305 g/mol. The molecule has 0 spiro atoms. The number of ether oxygens (including phenoxy) is 2. The van der Waals surface area contributed by atoms with Crippen LogP contribution in [-0.2, 0) is 6.54 Å². The van der Waals surface area contributed by atoms with Gasteiger partial charge in [0.15, 0.2) is 11.5 Å². The van der Waals surface area contributed by atoms with E-state index in [0.717, 1.165) is 11.3 Å². The highest BCUT2D eigenvalue weighted by atomic mass is 35.5. The molecule has 3 nitrogen and oxygen atoms in total. The second kappa shape index (κ2) is 7.34. The number of benzene rings is 2. The molecule has 0 aromatic heterocycles. The molecule has 0 radical (unpaired) electrons. The first-order valence-corrected chi connectivity index (χ1v) is 7.22. The van der Waals surface area contributed by atoms with Crippen molar-refractivity contribution in [3.8, 4) is 11.5 Å². The van der Waals surface area contributed by atoms with Crippen LogP contribution in [0.25, 0.3) is 0 Å². The molecule has 0 saturated heterocycles. The first kappa shape index (κ1) is 15.7. The zero-order valence-electron chi connectivity index (χ0n) is 12.5. The third-order valence-corrected chi connectivity index (χ3v) is 3.64. The molecule has 21 heavy (non-hydrogen) atoms. The molecule has 112 valence electrons. The van der Waals surface area contributed by atoms with Gasteiger partial charge in [0.25, 0.3) is 0 Å². The van der Waals surface area contributed by atoms with Crippen LogP contribution in [0.4, 0.5) is 0 Å². The number of rotatable bonds is 6. The van der Waals surface area contributed by atoms with Crippen LogP contribution >= 0.6 is 11.6 Å². The summed E-state index contributed by atoms with van der Waals surface area (Å²) < 4.78 is 10.7. The van der Waals surface area contributed by atoms with E-state index in [1.165, 1.54) is 5.56 Å². The maximum atomic E-state index is 6.13. The summed E-state index contributed by atoms with van der Waals surface area (Å²) in [6.07, 6.45) is 0. The Bertz CT molecular complexity index is 587. The van der Waals surface area contributed by atoms with Crippen LogP contribution in [0.3, 0.4) is 0 Å². The third kappa shape index (κ3) is 3.90. The predicted octanol–water partition coefficient (Wildman–Crippen LogP) is 4.21. The van der Waals surface area contributed by atoms with Crippen LogP contribution in [-0.4, -0.2) is 14.2 Å². The van der Waals surface area contributed by atoms with Crippen molar-refractivity contribution in [1.29, 1.82) is 0 Å². The molecule has 0 saturated carbocycles. The highest BCUT2D eigenvalue weighted by Crippen LogP contribution is 2.34. The zero-order chi connectivity index (χ0) is 15.2. The van der Waals surface area contributed by atoms with Crippen LogP contribution < -0.4 is 14.8 Å². The molecule has 2 rings (SSSR count). The van der Waals surface area contributed by atoms with E-state index in [1.54, 1.807) is 20.3 Å². The fraction of sp³-hybridized carbons (Fsp3) is 0.294. The van der Waals surface area contributed by atoms with Gasteiger partial charge in [-0.1, -0.05) is 41.9 Å². The Hall–Kier alpha value is -1.71. The van der Waals surface area contributed by atoms with Crippen LogP contribution in [0.15, 0.2) is 42.5 Å². The Labute approximate surface area is 130 Å². The number of methoxy groups -OCH3 is 2. The molecule has 0 amide bonds. The van der Waals surface area contributed by atoms with Gasteiger partial charge >= 0.3 is 0 Å². The van der Waals surface area contributed by atoms with Gasteiger partial charge in [0, 0.05) is 29.2 Å². The fourth-order valence-electron chi connectivity index (χ4n) is 2.26. The lowest BCUT2D eigenvalue weighted by atomic mass is 10.1. The molecule has 0 fully saturated rings. The van der Waals surface area contributed by atoms with E-state index < -0.39 is 0 Å². The van der Waals surface area contributed by atoms with E-state index in [9.17, 15) is 0 Å². The number of hydrogen-bond donors (Lipinski definition) is 1. The van der Waals surface area contributed by atoms with Gasteiger partial charge in [0.2, 0.25) is 0 Å². The first-order valence-electron chi connectivity index (χ1n) is 6.84. The van der Waals surface area contributed by atoms with Gasteiger partial charge in [0.05, 0.1) is 14.2 Å². The average molecular weight is 306 g/mol. The van der Waals surface area contributed by atoms with E-state index >= 15 is 0 Å². The highest BCUT2D eigenvalue weighted by Gasteiger charge is 2.13. The quantitative estimate of drug-likeness (QED) is 0.867. The maximum Gasteiger partial charge on any atom is 0.165 e. The molecule has 0 aliphatic rings. The van der Waals surface area contributed by atoms with Crippen molar-refractivity contribution >= 4 is 11.6 Å². The Balaban J connectivity index is 2.14. The number of halogens is 1. The highest BCUT2D eigenvalue weighted by molar-refractivity contribution is 6.30. The molecule has 1 atom stereocenters. The van der Waals surface area contributed by atoms with Crippen molar-refractivity contribution in [2.24, 2.45) is 0 Å². The summed E-state index contributed by atoms with van der Waals surface area (Å²) in [6, 6.07) is 14.2. The van der Waals surface area contributed by atoms with Crippen molar-refractivity contribution in [2.45, 2.75) is 19.5 Å². The Morgan fingerprint density at radius 3 is 2.43 bits per heavy atom. The third-order valence-electron chi connectivity index (χ3n) is 3.42. The standard InChI is InChI=1S/C17H20ClNO2/c1-12(13-7-5-4-6-8-13)19-11-14-9-15(18)10-16(20-2)17(14)21-3/h4-10,12,19H,11H2,1-3H3. The van der Waals surface area contributed by atoms with Gasteiger partial charge in [-0.05, 0) is 18.6 Å². The Kier molecular flexibility index (Phi) is 5.48. The normalized spacial score (nSPS) is 12.0. The molecule has 1 unspecified atom stereocenters. The topological polar surface area (TPSA) is 30.5 Å². The summed E-state index contributed by atoms with van der Waals surface area (Å²) >= 11 is 6.13. The molecule has 0 bridgehead atoms. The maximum absolute atomic E-state index is 6.13. The summed E-state index contributed by atoms with van der Waals surface area (Å²) in [7, 11) is 3.24. The molecule has 0 aliphatic heterocycles. The molecule has 4 heteroatoms. The van der Waals surface area contributed by atoms with Crippen molar-refractivity contribution in [3.63, 3.8) is 0 Å². The molecular weight excluding hydrogens is 286 g/mol. The predicted molar refractivity (Wildman–Crippen MR) is 86.3 cm³/mol. The van der Waals surface area contributed by atoms with Gasteiger partial charge in [-0.3, -0.25) is 0 Å². The lowest BCUT2D eigenvalue weighted by Gasteiger charge is -2.17. The van der Waals surface area contributed by atoms with Gasteiger partial charge < -0.3 is 14.8 Å². The fourth-order valence-corrected chi connectivity index (χ4v) is 2.49. The smallest absolute Gasteiger partial charge is 0.165 e. The van der Waals surface area contributed by atoms with Gasteiger partial charge in [0.1, 0.15) is 0 Å². The Morgan fingerprint density at radius 2 is 1.81 bits per heavy atom. The number of nitrogens with one attached hydrogen (secondary N) is 1. The Morgan fingerprint density at radius 1 is 1.10 bits per heavy atom. The first-order chi connectivity index (χ1) is 10.2. The minimum Gasteiger partial charge on any atom is -0.493 e. The van der Waals surface area contributed by atoms with Crippen molar-refractivity contribution < 1.29 is 9.47 Å². The SMILES string of the molecule is COc1cc(Cl)cc(CNC(C)c2ccccc2)c1OC. The van der Waals surface area contributed by atoms with Crippen LogP contribution in [0.5, 0.6) is 11.5 Å². The van der Waals surface area contributed by atoms with E-state index in [-0.39, 0.29) is 6.04 Å². The summed E-state index contributed by atoms with van der Waals surface area (Å²) in [4.78, 5) is 0. The van der Waals surface area contributed by atoms with E-state index in [2.05, 4.69) is 24.4 Å². The second-order valence-electron chi connectivity index (χ2n) is 4.81. The lowest BCUT2D eigenvalue weighted by molar-refractivity contribution is 0.350. The van der Waals surface area contributed by atoms with Gasteiger partial charge in [-0.15, -0.1) is 0 Å². The van der Waals surface area contributed by atoms with Crippen molar-refractivity contribution in [1.82, 2.24) is 5.32 Å². The van der Waals surface area contributed by atoms with Gasteiger partial charge in [-0.2, -0.15) is 0 Å². The summed E-state index contributed by atoms with van der Waals surface area (Å²) in [5.41, 5.74) is 2.22. The minimum atomic E-state index is 0.237. The van der Waals surface area contributed by atoms with Gasteiger partial charge in [-0.25, -0.2) is 0 Å². The molecular formula is C17H20ClNO2. The summed E-state index contributed by atoms with van der Waals surface area (Å²) in [5.74, 6) is 1.36. The van der Waals surface area contributed by atoms with E-state index in [0.29, 0.717) is 17.3 Å². The second-order valence-corrected chi connectivity index (χ2v) is 5.25. The molecule has 0 aliphatic carbocycles. The summed E-state index contributed by atoms with van der Waals surface area (Å²) in [6.45, 7) is 2.78. The number of hydrogen-bond acceptors (Lipinski definition) is 3.